The summed E-state index contributed by atoms with van der Waals surface area (Å²) < 4.78 is 96.4. The Kier molecular flexibility index (Phi) is 5.20. The van der Waals surface area contributed by atoms with Crippen LogP contribution in [0.25, 0.3) is 0 Å². The monoisotopic (exact) mass is 566 g/mol. The van der Waals surface area contributed by atoms with Gasteiger partial charge in [0.1, 0.15) is 26.9 Å². The molecule has 0 amide bonds. The Labute approximate surface area is 223 Å². The van der Waals surface area contributed by atoms with Crippen molar-refractivity contribution >= 4 is 33.6 Å². The minimum Gasteiger partial charge on any atom is -0.497 e. The molecule has 4 aliphatic rings. The lowest BCUT2D eigenvalue weighted by molar-refractivity contribution is -0.258. The van der Waals surface area contributed by atoms with Crippen LogP contribution >= 0.6 is 23.5 Å². The van der Waals surface area contributed by atoms with E-state index < -0.39 is 40.0 Å². The molecule has 2 unspecified atom stereocenters. The summed E-state index contributed by atoms with van der Waals surface area (Å²) in [5.41, 5.74) is -3.89. The first-order chi connectivity index (χ1) is 17.7. The van der Waals surface area contributed by atoms with Gasteiger partial charge in [-0.15, -0.1) is 0 Å². The van der Waals surface area contributed by atoms with Gasteiger partial charge in [-0.1, -0.05) is 53.4 Å². The highest BCUT2D eigenvalue weighted by Gasteiger charge is 2.85. The van der Waals surface area contributed by atoms with Crippen molar-refractivity contribution in [1.82, 2.24) is 0 Å². The van der Waals surface area contributed by atoms with Gasteiger partial charge in [-0.05, 0) is 45.0 Å². The molecule has 0 aromatic heterocycles. The summed E-state index contributed by atoms with van der Waals surface area (Å²) in [6.45, 7) is 4.88. The third-order valence-corrected chi connectivity index (χ3v) is 10.3. The Morgan fingerprint density at radius 2 is 1.05 bits per heavy atom. The van der Waals surface area contributed by atoms with Gasteiger partial charge < -0.3 is 4.74 Å². The number of halogens is 6. The summed E-state index contributed by atoms with van der Waals surface area (Å²) in [5, 5.41) is 0.530. The molecule has 6 rings (SSSR count). The standard InChI is InChI=1S/C27H20F6N2OS2/c1-13-5-7-14(8-6-13)21-34-23(2)19(37-21)17-18(26(30,31)27(32,33)25(17,28)29)20-24(23,3)35-22(38-20)15-9-11-16(36-4)12-10-15/h5-12H,1-4H3. The summed E-state index contributed by atoms with van der Waals surface area (Å²) in [7, 11) is 1.48. The maximum Gasteiger partial charge on any atom is 0.380 e. The lowest BCUT2D eigenvalue weighted by atomic mass is 9.72. The summed E-state index contributed by atoms with van der Waals surface area (Å²) in [6, 6.07) is 13.6. The Hall–Kier alpha value is -2.66. The van der Waals surface area contributed by atoms with Crippen molar-refractivity contribution in [3.8, 4) is 5.75 Å². The van der Waals surface area contributed by atoms with Gasteiger partial charge in [0.15, 0.2) is 0 Å². The van der Waals surface area contributed by atoms with Gasteiger partial charge in [0.25, 0.3) is 0 Å². The molecule has 0 saturated heterocycles. The highest BCUT2D eigenvalue weighted by Crippen LogP contribution is 2.72. The van der Waals surface area contributed by atoms with E-state index in [-0.39, 0.29) is 19.9 Å². The zero-order valence-electron chi connectivity index (χ0n) is 20.5. The molecular formula is C27H20F6N2OS2. The smallest absolute Gasteiger partial charge is 0.380 e. The van der Waals surface area contributed by atoms with Crippen molar-refractivity contribution in [2.24, 2.45) is 9.98 Å². The number of hydrogen-bond donors (Lipinski definition) is 0. The molecule has 2 atom stereocenters. The molecule has 0 radical (unpaired) electrons. The molecule has 0 N–H and O–H groups in total. The number of allylic oxidation sites excluding steroid dienone is 2. The maximum atomic E-state index is 15.4. The number of fused-ring (bicyclic) bond motifs is 4. The summed E-state index contributed by atoms with van der Waals surface area (Å²) in [4.78, 5) is 8.85. The molecule has 2 heterocycles. The molecule has 2 aromatic carbocycles. The minimum atomic E-state index is -5.62. The van der Waals surface area contributed by atoms with Crippen LogP contribution in [-0.2, 0) is 0 Å². The molecule has 38 heavy (non-hydrogen) atoms. The zero-order valence-corrected chi connectivity index (χ0v) is 22.1. The van der Waals surface area contributed by atoms with Crippen LogP contribution < -0.4 is 4.74 Å². The second-order valence-electron chi connectivity index (χ2n) is 9.91. The molecule has 198 valence electrons. The van der Waals surface area contributed by atoms with Gasteiger partial charge in [-0.25, -0.2) is 0 Å². The quantitative estimate of drug-likeness (QED) is 0.358. The van der Waals surface area contributed by atoms with E-state index in [1.807, 2.05) is 6.92 Å². The fourth-order valence-electron chi connectivity index (χ4n) is 5.21. The molecule has 2 aliphatic heterocycles. The molecule has 1 saturated carbocycles. The number of aryl methyl sites for hydroxylation is 1. The highest BCUT2D eigenvalue weighted by molar-refractivity contribution is 8.18. The van der Waals surface area contributed by atoms with Crippen molar-refractivity contribution < 1.29 is 31.1 Å². The minimum absolute atomic E-state index is 0.248. The number of aliphatic imine (C=N–C) groups is 2. The van der Waals surface area contributed by atoms with E-state index in [0.717, 1.165) is 17.3 Å². The molecule has 11 heteroatoms. The Bertz CT molecular complexity index is 1510. The highest BCUT2D eigenvalue weighted by atomic mass is 32.2. The fourth-order valence-corrected chi connectivity index (χ4v) is 8.11. The van der Waals surface area contributed by atoms with E-state index in [9.17, 15) is 8.78 Å². The lowest BCUT2D eigenvalue weighted by Crippen LogP contribution is -2.50. The number of rotatable bonds is 3. The van der Waals surface area contributed by atoms with Crippen molar-refractivity contribution in [2.75, 3.05) is 7.11 Å². The molecule has 3 nitrogen and oxygen atoms in total. The van der Waals surface area contributed by atoms with Gasteiger partial charge in [-0.2, -0.15) is 26.3 Å². The Morgan fingerprint density at radius 1 is 0.658 bits per heavy atom. The number of nitrogens with zero attached hydrogens (tertiary/aromatic N) is 2. The second kappa shape index (κ2) is 7.71. The van der Waals surface area contributed by atoms with E-state index >= 15 is 17.6 Å². The number of ether oxygens (including phenoxy) is 1. The van der Waals surface area contributed by atoms with Crippen molar-refractivity contribution in [2.45, 2.75) is 49.6 Å². The van der Waals surface area contributed by atoms with Gasteiger partial charge in [0, 0.05) is 20.9 Å². The third kappa shape index (κ3) is 2.97. The van der Waals surface area contributed by atoms with Crippen LogP contribution in [0.1, 0.15) is 30.5 Å². The van der Waals surface area contributed by atoms with Crippen LogP contribution in [0.4, 0.5) is 26.3 Å². The van der Waals surface area contributed by atoms with E-state index in [0.29, 0.717) is 28.6 Å². The van der Waals surface area contributed by atoms with E-state index in [1.165, 1.54) is 21.0 Å². The molecule has 0 spiro atoms. The molecule has 0 bridgehead atoms. The van der Waals surface area contributed by atoms with Gasteiger partial charge in [-0.3, -0.25) is 9.98 Å². The van der Waals surface area contributed by atoms with Crippen LogP contribution in [0.5, 0.6) is 5.75 Å². The van der Waals surface area contributed by atoms with Crippen LogP contribution in [0.3, 0.4) is 0 Å². The molecular weight excluding hydrogens is 546 g/mol. The van der Waals surface area contributed by atoms with Crippen LogP contribution in [0, 0.1) is 6.92 Å². The summed E-state index contributed by atoms with van der Waals surface area (Å²) in [5.74, 6) is -15.3. The van der Waals surface area contributed by atoms with Crippen molar-refractivity contribution in [3.63, 3.8) is 0 Å². The average molecular weight is 567 g/mol. The van der Waals surface area contributed by atoms with E-state index in [2.05, 4.69) is 0 Å². The van der Waals surface area contributed by atoms with Crippen LogP contribution in [0.15, 0.2) is 79.5 Å². The molecule has 1 fully saturated rings. The zero-order chi connectivity index (χ0) is 27.5. The number of methoxy groups -OCH3 is 1. The third-order valence-electron chi connectivity index (χ3n) is 7.64. The van der Waals surface area contributed by atoms with Crippen molar-refractivity contribution in [1.29, 1.82) is 0 Å². The summed E-state index contributed by atoms with van der Waals surface area (Å²) in [6.07, 6.45) is 0. The first kappa shape index (κ1) is 25.6. The second-order valence-corrected chi connectivity index (χ2v) is 11.9. The first-order valence-electron chi connectivity index (χ1n) is 11.6. The van der Waals surface area contributed by atoms with Gasteiger partial charge in [0.2, 0.25) is 0 Å². The summed E-state index contributed by atoms with van der Waals surface area (Å²) >= 11 is 1.45. The van der Waals surface area contributed by atoms with Crippen molar-refractivity contribution in [3.05, 3.63) is 86.2 Å². The Morgan fingerprint density at radius 3 is 1.45 bits per heavy atom. The van der Waals surface area contributed by atoms with Crippen LogP contribution in [0.2, 0.25) is 0 Å². The lowest BCUT2D eigenvalue weighted by Gasteiger charge is -2.42. The number of benzene rings is 2. The maximum absolute atomic E-state index is 15.4. The van der Waals surface area contributed by atoms with E-state index in [4.69, 9.17) is 14.7 Å². The Balaban J connectivity index is 1.62. The fraction of sp³-hybridized carbons (Fsp3) is 0.333. The SMILES string of the molecule is COc1ccc(C2=NC3(C)C(=C4C(=C5SC(c6ccc(C)cc6)=NC53C)C(F)(F)C(F)(F)C4(F)F)S2)cc1. The molecule has 2 aliphatic carbocycles. The van der Waals surface area contributed by atoms with Crippen LogP contribution in [-0.4, -0.2) is 46.0 Å². The van der Waals surface area contributed by atoms with Gasteiger partial charge in [0.05, 0.1) is 18.3 Å². The predicted molar refractivity (Wildman–Crippen MR) is 138 cm³/mol. The topological polar surface area (TPSA) is 34.0 Å². The number of alkyl halides is 6. The largest absolute Gasteiger partial charge is 0.497 e. The molecule has 2 aromatic rings. The van der Waals surface area contributed by atoms with Gasteiger partial charge >= 0.3 is 17.8 Å². The number of hydrogen-bond acceptors (Lipinski definition) is 5. The normalized spacial score (nSPS) is 30.1. The average Bonchev–Trinajstić information content (AvgIpc) is 3.44. The first-order valence-corrected chi connectivity index (χ1v) is 13.2. The predicted octanol–water partition coefficient (Wildman–Crippen LogP) is 7.65. The number of thioether (sulfide) groups is 2. The van der Waals surface area contributed by atoms with E-state index in [1.54, 1.807) is 48.5 Å².